The van der Waals surface area contributed by atoms with Gasteiger partial charge in [0.05, 0.1) is 0 Å². The standard InChI is InChI=1S/C19H24N2S/c1-3-16-11-8-12-17(4-2)18(16)21-19(22)20-14-13-15-9-6-5-7-10-15/h5-12H,3-4,13-14H2,1-2H3,(H2,20,21,22). The highest BCUT2D eigenvalue weighted by atomic mass is 32.1. The number of nitrogens with one attached hydrogen (secondary N) is 2. The minimum atomic E-state index is 0.700. The van der Waals surface area contributed by atoms with Crippen molar-refractivity contribution in [2.75, 3.05) is 11.9 Å². The number of para-hydroxylation sites is 1. The second-order valence-corrected chi connectivity index (χ2v) is 5.68. The second kappa shape index (κ2) is 8.54. The summed E-state index contributed by atoms with van der Waals surface area (Å²) in [6, 6.07) is 16.9. The predicted molar refractivity (Wildman–Crippen MR) is 99.6 cm³/mol. The molecular weight excluding hydrogens is 288 g/mol. The van der Waals surface area contributed by atoms with E-state index in [1.165, 1.54) is 22.4 Å². The molecule has 0 fully saturated rings. The maximum atomic E-state index is 5.44. The van der Waals surface area contributed by atoms with Crippen molar-refractivity contribution in [2.24, 2.45) is 0 Å². The SMILES string of the molecule is CCc1cccc(CC)c1NC(=S)NCCc1ccccc1. The van der Waals surface area contributed by atoms with Gasteiger partial charge in [0.25, 0.3) is 0 Å². The number of aryl methyl sites for hydroxylation is 2. The van der Waals surface area contributed by atoms with Crippen LogP contribution in [0.4, 0.5) is 5.69 Å². The lowest BCUT2D eigenvalue weighted by Crippen LogP contribution is -2.31. The van der Waals surface area contributed by atoms with Crippen molar-refractivity contribution in [3.63, 3.8) is 0 Å². The van der Waals surface area contributed by atoms with Crippen LogP contribution in [0.1, 0.15) is 30.5 Å². The Morgan fingerprint density at radius 2 is 1.55 bits per heavy atom. The molecule has 0 heterocycles. The molecular formula is C19H24N2S. The molecule has 0 bridgehead atoms. The van der Waals surface area contributed by atoms with E-state index in [9.17, 15) is 0 Å². The van der Waals surface area contributed by atoms with Crippen molar-refractivity contribution in [2.45, 2.75) is 33.1 Å². The van der Waals surface area contributed by atoms with Crippen molar-refractivity contribution in [1.82, 2.24) is 5.32 Å². The van der Waals surface area contributed by atoms with Crippen LogP contribution in [0.25, 0.3) is 0 Å². The molecule has 0 spiro atoms. The third kappa shape index (κ3) is 4.57. The smallest absolute Gasteiger partial charge is 0.170 e. The lowest BCUT2D eigenvalue weighted by Gasteiger charge is -2.17. The van der Waals surface area contributed by atoms with Crippen LogP contribution in [0.3, 0.4) is 0 Å². The van der Waals surface area contributed by atoms with E-state index in [2.05, 4.69) is 66.9 Å². The topological polar surface area (TPSA) is 24.1 Å². The number of hydrogen-bond donors (Lipinski definition) is 2. The van der Waals surface area contributed by atoms with Gasteiger partial charge in [-0.05, 0) is 48.2 Å². The maximum Gasteiger partial charge on any atom is 0.170 e. The Hall–Kier alpha value is -1.87. The fraction of sp³-hybridized carbons (Fsp3) is 0.316. The molecule has 0 radical (unpaired) electrons. The van der Waals surface area contributed by atoms with Crippen LogP contribution in [0.5, 0.6) is 0 Å². The first-order valence-electron chi connectivity index (χ1n) is 7.94. The quantitative estimate of drug-likeness (QED) is 0.776. The molecule has 0 unspecified atom stereocenters. The van der Waals surface area contributed by atoms with Crippen molar-refractivity contribution in [3.8, 4) is 0 Å². The molecule has 2 nitrogen and oxygen atoms in total. The van der Waals surface area contributed by atoms with Gasteiger partial charge in [0.2, 0.25) is 0 Å². The van der Waals surface area contributed by atoms with Crippen molar-refractivity contribution in [1.29, 1.82) is 0 Å². The summed E-state index contributed by atoms with van der Waals surface area (Å²) >= 11 is 5.44. The number of thiocarbonyl (C=S) groups is 1. The van der Waals surface area contributed by atoms with Crippen LogP contribution in [0.15, 0.2) is 48.5 Å². The Bertz CT molecular complexity index is 586. The lowest BCUT2D eigenvalue weighted by atomic mass is 10.0. The summed E-state index contributed by atoms with van der Waals surface area (Å²) < 4.78 is 0. The minimum Gasteiger partial charge on any atom is -0.362 e. The van der Waals surface area contributed by atoms with E-state index in [1.54, 1.807) is 0 Å². The van der Waals surface area contributed by atoms with E-state index in [1.807, 2.05) is 6.07 Å². The molecule has 2 rings (SSSR count). The van der Waals surface area contributed by atoms with E-state index in [0.29, 0.717) is 5.11 Å². The molecule has 0 atom stereocenters. The van der Waals surface area contributed by atoms with Crippen molar-refractivity contribution in [3.05, 3.63) is 65.2 Å². The van der Waals surface area contributed by atoms with E-state index in [0.717, 1.165) is 25.8 Å². The number of rotatable bonds is 6. The fourth-order valence-corrected chi connectivity index (χ4v) is 2.73. The van der Waals surface area contributed by atoms with Gasteiger partial charge in [-0.1, -0.05) is 62.4 Å². The highest BCUT2D eigenvalue weighted by Gasteiger charge is 2.07. The number of hydrogen-bond acceptors (Lipinski definition) is 1. The first-order valence-corrected chi connectivity index (χ1v) is 8.35. The van der Waals surface area contributed by atoms with Gasteiger partial charge >= 0.3 is 0 Å². The zero-order valence-corrected chi connectivity index (χ0v) is 14.2. The normalized spacial score (nSPS) is 10.3. The van der Waals surface area contributed by atoms with Crippen LogP contribution in [0.2, 0.25) is 0 Å². The van der Waals surface area contributed by atoms with Gasteiger partial charge in [-0.15, -0.1) is 0 Å². The van der Waals surface area contributed by atoms with E-state index in [-0.39, 0.29) is 0 Å². The zero-order valence-electron chi connectivity index (χ0n) is 13.4. The molecule has 2 aromatic rings. The van der Waals surface area contributed by atoms with Crippen LogP contribution in [0, 0.1) is 0 Å². The largest absolute Gasteiger partial charge is 0.362 e. The van der Waals surface area contributed by atoms with Crippen molar-refractivity contribution < 1.29 is 0 Å². The van der Waals surface area contributed by atoms with Gasteiger partial charge in [0.1, 0.15) is 0 Å². The van der Waals surface area contributed by atoms with E-state index < -0.39 is 0 Å². The van der Waals surface area contributed by atoms with Gasteiger partial charge in [0, 0.05) is 12.2 Å². The van der Waals surface area contributed by atoms with Crippen LogP contribution < -0.4 is 10.6 Å². The van der Waals surface area contributed by atoms with Crippen LogP contribution in [-0.4, -0.2) is 11.7 Å². The molecule has 0 aliphatic heterocycles. The lowest BCUT2D eigenvalue weighted by molar-refractivity contribution is 0.873. The third-order valence-corrected chi connectivity index (χ3v) is 4.03. The second-order valence-electron chi connectivity index (χ2n) is 5.27. The van der Waals surface area contributed by atoms with Crippen LogP contribution in [-0.2, 0) is 19.3 Å². The molecule has 2 N–H and O–H groups in total. The summed E-state index contributed by atoms with van der Waals surface area (Å²) in [5.74, 6) is 0. The minimum absolute atomic E-state index is 0.700. The molecule has 0 saturated carbocycles. The Balaban J connectivity index is 1.92. The molecule has 0 amide bonds. The molecule has 0 saturated heterocycles. The Morgan fingerprint density at radius 1 is 0.909 bits per heavy atom. The molecule has 116 valence electrons. The number of benzene rings is 2. The summed E-state index contributed by atoms with van der Waals surface area (Å²) in [6.07, 6.45) is 2.98. The Kier molecular flexibility index (Phi) is 6.41. The molecule has 0 aromatic heterocycles. The zero-order chi connectivity index (χ0) is 15.8. The third-order valence-electron chi connectivity index (χ3n) is 3.78. The summed E-state index contributed by atoms with van der Waals surface area (Å²) in [5.41, 5.74) is 5.11. The summed E-state index contributed by atoms with van der Waals surface area (Å²) in [7, 11) is 0. The average Bonchev–Trinajstić information content (AvgIpc) is 2.56. The molecule has 22 heavy (non-hydrogen) atoms. The molecule has 2 aromatic carbocycles. The van der Waals surface area contributed by atoms with Gasteiger partial charge < -0.3 is 10.6 Å². The Morgan fingerprint density at radius 3 is 2.14 bits per heavy atom. The summed E-state index contributed by atoms with van der Waals surface area (Å²) in [6.45, 7) is 5.18. The van der Waals surface area contributed by atoms with E-state index >= 15 is 0 Å². The molecule has 0 aliphatic rings. The highest BCUT2D eigenvalue weighted by molar-refractivity contribution is 7.80. The average molecular weight is 312 g/mol. The number of anilines is 1. The first-order chi connectivity index (χ1) is 10.7. The van der Waals surface area contributed by atoms with E-state index in [4.69, 9.17) is 12.2 Å². The maximum absolute atomic E-state index is 5.44. The highest BCUT2D eigenvalue weighted by Crippen LogP contribution is 2.22. The van der Waals surface area contributed by atoms with Gasteiger partial charge in [-0.25, -0.2) is 0 Å². The van der Waals surface area contributed by atoms with Crippen LogP contribution >= 0.6 is 12.2 Å². The fourth-order valence-electron chi connectivity index (χ4n) is 2.53. The van der Waals surface area contributed by atoms with Gasteiger partial charge in [0.15, 0.2) is 5.11 Å². The summed E-state index contributed by atoms with van der Waals surface area (Å²) in [4.78, 5) is 0. The van der Waals surface area contributed by atoms with Gasteiger partial charge in [-0.2, -0.15) is 0 Å². The van der Waals surface area contributed by atoms with Gasteiger partial charge in [-0.3, -0.25) is 0 Å². The Labute approximate surface area is 139 Å². The summed E-state index contributed by atoms with van der Waals surface area (Å²) in [5, 5.41) is 7.39. The predicted octanol–water partition coefficient (Wildman–Crippen LogP) is 4.34. The molecule has 3 heteroatoms. The monoisotopic (exact) mass is 312 g/mol. The van der Waals surface area contributed by atoms with Crippen molar-refractivity contribution >= 4 is 23.0 Å². The molecule has 0 aliphatic carbocycles. The first kappa shape index (κ1) is 16.5.